The monoisotopic (exact) mass is 172 g/mol. The van der Waals surface area contributed by atoms with Crippen LogP contribution in [0.4, 0.5) is 4.39 Å². The zero-order valence-electron chi connectivity index (χ0n) is 5.45. The van der Waals surface area contributed by atoms with Crippen LogP contribution in [-0.4, -0.2) is 11.1 Å². The number of carboxylic acids is 1. The van der Waals surface area contributed by atoms with E-state index in [-0.39, 0.29) is 5.82 Å². The van der Waals surface area contributed by atoms with Crippen molar-refractivity contribution >= 4 is 23.4 Å². The molecule has 0 aliphatic rings. The van der Waals surface area contributed by atoms with Crippen LogP contribution in [0.15, 0.2) is 17.5 Å². The highest BCUT2D eigenvalue weighted by atomic mass is 32.1. The first-order valence-corrected chi connectivity index (χ1v) is 3.72. The lowest BCUT2D eigenvalue weighted by molar-refractivity contribution is -0.131. The van der Waals surface area contributed by atoms with Gasteiger partial charge in [-0.2, -0.15) is 0 Å². The third kappa shape index (κ3) is 2.16. The predicted octanol–water partition coefficient (Wildman–Crippen LogP) is 1.99. The quantitative estimate of drug-likeness (QED) is 0.692. The highest BCUT2D eigenvalue weighted by Gasteiger charge is 1.98. The molecule has 1 rings (SSSR count). The number of hydrogen-bond donors (Lipinski definition) is 1. The summed E-state index contributed by atoms with van der Waals surface area (Å²) in [6, 6.07) is 1.30. The van der Waals surface area contributed by atoms with Gasteiger partial charge in [0, 0.05) is 6.08 Å². The summed E-state index contributed by atoms with van der Waals surface area (Å²) in [5.41, 5.74) is 0. The zero-order valence-corrected chi connectivity index (χ0v) is 6.27. The first-order valence-electron chi connectivity index (χ1n) is 2.84. The van der Waals surface area contributed by atoms with Crippen molar-refractivity contribution in [2.24, 2.45) is 0 Å². The molecule has 0 aliphatic heterocycles. The summed E-state index contributed by atoms with van der Waals surface area (Å²) in [6.45, 7) is 0. The molecule has 1 aromatic heterocycles. The van der Waals surface area contributed by atoms with Crippen LogP contribution in [0, 0.1) is 5.82 Å². The molecule has 0 fully saturated rings. The van der Waals surface area contributed by atoms with Crippen molar-refractivity contribution in [3.05, 3.63) is 28.2 Å². The third-order valence-corrected chi connectivity index (χ3v) is 1.88. The molecule has 11 heavy (non-hydrogen) atoms. The van der Waals surface area contributed by atoms with Crippen LogP contribution >= 0.6 is 11.3 Å². The van der Waals surface area contributed by atoms with E-state index in [1.165, 1.54) is 23.5 Å². The van der Waals surface area contributed by atoms with Crippen LogP contribution in [-0.2, 0) is 4.79 Å². The maximum atomic E-state index is 12.6. The van der Waals surface area contributed by atoms with Gasteiger partial charge in [0.2, 0.25) is 0 Å². The molecular formula is C7H5FO2S. The molecule has 1 N–H and O–H groups in total. The van der Waals surface area contributed by atoms with E-state index in [2.05, 4.69) is 0 Å². The summed E-state index contributed by atoms with van der Waals surface area (Å²) in [5, 5.41) is 9.76. The Balaban J connectivity index is 2.79. The second-order valence-electron chi connectivity index (χ2n) is 1.80. The number of hydrogen-bond acceptors (Lipinski definition) is 2. The second kappa shape index (κ2) is 3.30. The SMILES string of the molecule is O=C(O)/C=C/c1sccc1F. The highest BCUT2D eigenvalue weighted by molar-refractivity contribution is 7.10. The normalized spacial score (nSPS) is 10.6. The summed E-state index contributed by atoms with van der Waals surface area (Å²) < 4.78 is 12.6. The van der Waals surface area contributed by atoms with E-state index in [0.29, 0.717) is 4.88 Å². The molecule has 0 saturated carbocycles. The first kappa shape index (κ1) is 7.94. The summed E-state index contributed by atoms with van der Waals surface area (Å²) in [7, 11) is 0. The molecule has 4 heteroatoms. The molecule has 0 unspecified atom stereocenters. The molecule has 0 aliphatic carbocycles. The average Bonchev–Trinajstić information content (AvgIpc) is 2.31. The predicted molar refractivity (Wildman–Crippen MR) is 40.9 cm³/mol. The Kier molecular flexibility index (Phi) is 2.38. The van der Waals surface area contributed by atoms with Gasteiger partial charge in [0.25, 0.3) is 0 Å². The van der Waals surface area contributed by atoms with Crippen LogP contribution in [0.1, 0.15) is 4.88 Å². The van der Waals surface area contributed by atoms with E-state index in [1.807, 2.05) is 0 Å². The van der Waals surface area contributed by atoms with Crippen LogP contribution in [0.5, 0.6) is 0 Å². The fourth-order valence-electron chi connectivity index (χ4n) is 0.571. The van der Waals surface area contributed by atoms with E-state index >= 15 is 0 Å². The van der Waals surface area contributed by atoms with E-state index in [9.17, 15) is 9.18 Å². The molecule has 0 saturated heterocycles. The maximum Gasteiger partial charge on any atom is 0.328 e. The molecular weight excluding hydrogens is 167 g/mol. The van der Waals surface area contributed by atoms with Gasteiger partial charge in [-0.25, -0.2) is 9.18 Å². The van der Waals surface area contributed by atoms with Crippen LogP contribution in [0.3, 0.4) is 0 Å². The highest BCUT2D eigenvalue weighted by Crippen LogP contribution is 2.15. The van der Waals surface area contributed by atoms with Crippen molar-refractivity contribution in [3.8, 4) is 0 Å². The number of rotatable bonds is 2. The van der Waals surface area contributed by atoms with Crippen molar-refractivity contribution in [2.45, 2.75) is 0 Å². The minimum atomic E-state index is -1.07. The Labute approximate surface area is 66.6 Å². The molecule has 0 bridgehead atoms. The lowest BCUT2D eigenvalue weighted by atomic mass is 10.4. The van der Waals surface area contributed by atoms with Gasteiger partial charge in [-0.1, -0.05) is 0 Å². The Bertz CT molecular complexity index is 290. The molecule has 0 atom stereocenters. The fourth-order valence-corrected chi connectivity index (χ4v) is 1.23. The Hall–Kier alpha value is -1.16. The standard InChI is InChI=1S/C7H5FO2S/c8-5-3-4-11-6(5)1-2-7(9)10/h1-4H,(H,9,10)/b2-1+. The molecule has 0 spiro atoms. The summed E-state index contributed by atoms with van der Waals surface area (Å²) in [5.74, 6) is -1.45. The van der Waals surface area contributed by atoms with Gasteiger partial charge in [-0.15, -0.1) is 11.3 Å². The van der Waals surface area contributed by atoms with Crippen LogP contribution in [0.2, 0.25) is 0 Å². The first-order chi connectivity index (χ1) is 5.20. The van der Waals surface area contributed by atoms with Crippen molar-refractivity contribution in [3.63, 3.8) is 0 Å². The van der Waals surface area contributed by atoms with E-state index in [4.69, 9.17) is 5.11 Å². The molecule has 0 aromatic carbocycles. The molecule has 1 heterocycles. The average molecular weight is 172 g/mol. The fraction of sp³-hybridized carbons (Fsp3) is 0. The number of thiophene rings is 1. The van der Waals surface area contributed by atoms with Gasteiger partial charge in [-0.3, -0.25) is 0 Å². The van der Waals surface area contributed by atoms with Crippen molar-refractivity contribution in [1.29, 1.82) is 0 Å². The van der Waals surface area contributed by atoms with E-state index in [0.717, 1.165) is 6.08 Å². The molecule has 2 nitrogen and oxygen atoms in total. The van der Waals surface area contributed by atoms with Gasteiger partial charge >= 0.3 is 5.97 Å². The van der Waals surface area contributed by atoms with Crippen molar-refractivity contribution < 1.29 is 14.3 Å². The van der Waals surface area contributed by atoms with Gasteiger partial charge < -0.3 is 5.11 Å². The number of carbonyl (C=O) groups is 1. The molecule has 0 amide bonds. The van der Waals surface area contributed by atoms with Gasteiger partial charge in [0.1, 0.15) is 5.82 Å². The minimum Gasteiger partial charge on any atom is -0.478 e. The van der Waals surface area contributed by atoms with E-state index in [1.54, 1.807) is 5.38 Å². The number of halogens is 1. The number of aliphatic carboxylic acids is 1. The largest absolute Gasteiger partial charge is 0.478 e. The lowest BCUT2D eigenvalue weighted by Crippen LogP contribution is -1.85. The summed E-state index contributed by atoms with van der Waals surface area (Å²) in [6.07, 6.45) is 2.15. The van der Waals surface area contributed by atoms with Crippen LogP contribution < -0.4 is 0 Å². The molecule has 1 aromatic rings. The van der Waals surface area contributed by atoms with Crippen molar-refractivity contribution in [1.82, 2.24) is 0 Å². The minimum absolute atomic E-state index is 0.340. The topological polar surface area (TPSA) is 37.3 Å². The lowest BCUT2D eigenvalue weighted by Gasteiger charge is -1.82. The van der Waals surface area contributed by atoms with Gasteiger partial charge in [0.05, 0.1) is 4.88 Å². The van der Waals surface area contributed by atoms with Gasteiger partial charge in [0.15, 0.2) is 0 Å². The Morgan fingerprint density at radius 2 is 2.45 bits per heavy atom. The van der Waals surface area contributed by atoms with Gasteiger partial charge in [-0.05, 0) is 17.5 Å². The van der Waals surface area contributed by atoms with E-state index < -0.39 is 5.97 Å². The maximum absolute atomic E-state index is 12.6. The number of carboxylic acid groups (broad SMARTS) is 1. The Morgan fingerprint density at radius 3 is 2.91 bits per heavy atom. The summed E-state index contributed by atoms with van der Waals surface area (Å²) in [4.78, 5) is 10.3. The Morgan fingerprint density at radius 1 is 1.73 bits per heavy atom. The smallest absolute Gasteiger partial charge is 0.328 e. The van der Waals surface area contributed by atoms with Crippen LogP contribution in [0.25, 0.3) is 6.08 Å². The molecule has 58 valence electrons. The third-order valence-electron chi connectivity index (χ3n) is 1.02. The molecule has 0 radical (unpaired) electrons. The zero-order chi connectivity index (χ0) is 8.27. The van der Waals surface area contributed by atoms with Crippen molar-refractivity contribution in [2.75, 3.05) is 0 Å². The summed E-state index contributed by atoms with van der Waals surface area (Å²) >= 11 is 1.17. The second-order valence-corrected chi connectivity index (χ2v) is 2.75.